The van der Waals surface area contributed by atoms with Gasteiger partial charge in [0, 0.05) is 22.1 Å². The second-order valence-corrected chi connectivity index (χ2v) is 23.2. The van der Waals surface area contributed by atoms with Crippen molar-refractivity contribution < 1.29 is 0 Å². The van der Waals surface area contributed by atoms with Gasteiger partial charge in [0.05, 0.1) is 5.52 Å². The van der Waals surface area contributed by atoms with Crippen molar-refractivity contribution in [3.8, 4) is 0 Å². The summed E-state index contributed by atoms with van der Waals surface area (Å²) in [5.74, 6) is 0.420. The number of aryl methyl sites for hydroxylation is 2. The van der Waals surface area contributed by atoms with Crippen LogP contribution in [0.1, 0.15) is 252 Å². The number of allylic oxidation sites excluding steroid dienone is 13. The third kappa shape index (κ3) is 15.8. The zero-order valence-corrected chi connectivity index (χ0v) is 47.4. The Bertz CT molecular complexity index is 2300. The third-order valence-corrected chi connectivity index (χ3v) is 15.7. The van der Waals surface area contributed by atoms with E-state index in [-0.39, 0.29) is 16.2 Å². The number of aromatic nitrogens is 1. The van der Waals surface area contributed by atoms with Gasteiger partial charge in [-0.2, -0.15) is 0 Å². The maximum atomic E-state index is 5.78. The summed E-state index contributed by atoms with van der Waals surface area (Å²) < 4.78 is 0. The molecule has 3 aromatic rings. The summed E-state index contributed by atoms with van der Waals surface area (Å²) in [5, 5.41) is 1.32. The second kappa shape index (κ2) is 27.6. The first-order valence-electron chi connectivity index (χ1n) is 28.3. The monoisotopic (exact) mass is 932 g/mol. The van der Waals surface area contributed by atoms with Crippen molar-refractivity contribution in [1.82, 2.24) is 4.98 Å². The van der Waals surface area contributed by atoms with E-state index in [1.807, 2.05) is 0 Å². The maximum absolute atomic E-state index is 5.78. The molecule has 0 spiro atoms. The molecule has 0 bridgehead atoms. The first-order valence-corrected chi connectivity index (χ1v) is 28.3. The van der Waals surface area contributed by atoms with Crippen LogP contribution in [0, 0.1) is 16.7 Å². The molecular weight excluding hydrogens is 831 g/mol. The van der Waals surface area contributed by atoms with Crippen molar-refractivity contribution in [2.24, 2.45) is 16.7 Å². The Kier molecular flexibility index (Phi) is 23.0. The Labute approximate surface area is 426 Å². The van der Waals surface area contributed by atoms with Crippen molar-refractivity contribution in [2.45, 2.75) is 238 Å². The summed E-state index contributed by atoms with van der Waals surface area (Å²) in [4.78, 5) is 5.78. The molecule has 1 heteroatoms. The molecule has 2 aromatic carbocycles. The molecule has 1 heterocycles. The molecule has 1 atom stereocenters. The van der Waals surface area contributed by atoms with Gasteiger partial charge in [0.25, 0.3) is 0 Å². The number of nitrogens with zero attached hydrogens (tertiary/aromatic N) is 1. The van der Waals surface area contributed by atoms with E-state index in [1.165, 1.54) is 160 Å². The first-order chi connectivity index (χ1) is 32.9. The fraction of sp³-hybridized carbons (Fsp3) is 0.574. The van der Waals surface area contributed by atoms with Crippen molar-refractivity contribution in [3.63, 3.8) is 0 Å². The van der Waals surface area contributed by atoms with E-state index < -0.39 is 0 Å². The molecule has 0 radical (unpaired) electrons. The van der Waals surface area contributed by atoms with Crippen LogP contribution in [0.15, 0.2) is 102 Å². The van der Waals surface area contributed by atoms with Gasteiger partial charge in [0.2, 0.25) is 0 Å². The van der Waals surface area contributed by atoms with Gasteiger partial charge in [0.15, 0.2) is 0 Å². The summed E-state index contributed by atoms with van der Waals surface area (Å²) >= 11 is 0. The predicted octanol–water partition coefficient (Wildman–Crippen LogP) is 21.4. The number of rotatable bonds is 25. The summed E-state index contributed by atoms with van der Waals surface area (Å²) in [6.07, 6.45) is 40.4. The van der Waals surface area contributed by atoms with Crippen LogP contribution in [0.4, 0.5) is 0 Å². The zero-order chi connectivity index (χ0) is 50.8. The van der Waals surface area contributed by atoms with Crippen LogP contribution >= 0.6 is 0 Å². The highest BCUT2D eigenvalue weighted by Gasteiger charge is 2.36. The van der Waals surface area contributed by atoms with Crippen LogP contribution < -0.4 is 0 Å². The topological polar surface area (TPSA) is 12.9 Å². The van der Waals surface area contributed by atoms with E-state index >= 15 is 0 Å². The second-order valence-electron chi connectivity index (χ2n) is 23.2. The van der Waals surface area contributed by atoms with E-state index in [2.05, 4.69) is 183 Å². The summed E-state index contributed by atoms with van der Waals surface area (Å²) in [6.45, 7) is 40.1. The smallest absolute Gasteiger partial charge is 0.0786 e. The first kappa shape index (κ1) is 57.6. The van der Waals surface area contributed by atoms with Gasteiger partial charge in [-0.1, -0.05) is 246 Å². The molecule has 1 aliphatic rings. The maximum Gasteiger partial charge on any atom is 0.0786 e. The fourth-order valence-corrected chi connectivity index (χ4v) is 10.3. The molecule has 0 aliphatic heterocycles. The van der Waals surface area contributed by atoms with Gasteiger partial charge in [-0.05, 0) is 150 Å². The van der Waals surface area contributed by atoms with Gasteiger partial charge in [-0.25, -0.2) is 0 Å². The van der Waals surface area contributed by atoms with E-state index in [9.17, 15) is 0 Å². The highest BCUT2D eigenvalue weighted by atomic mass is 14.7. The van der Waals surface area contributed by atoms with Gasteiger partial charge in [-0.3, -0.25) is 4.98 Å². The molecule has 1 unspecified atom stereocenters. The van der Waals surface area contributed by atoms with Gasteiger partial charge in [0.1, 0.15) is 0 Å². The molecule has 69 heavy (non-hydrogen) atoms. The minimum Gasteiger partial charge on any atom is -0.252 e. The zero-order valence-electron chi connectivity index (χ0n) is 47.4. The van der Waals surface area contributed by atoms with E-state index in [0.717, 1.165) is 51.4 Å². The molecular formula is C68H101N. The van der Waals surface area contributed by atoms with Gasteiger partial charge < -0.3 is 0 Å². The minimum atomic E-state index is -0.0968. The molecule has 0 amide bonds. The molecule has 378 valence electrons. The molecule has 0 N–H and O–H groups in total. The summed E-state index contributed by atoms with van der Waals surface area (Å²) in [5.41, 5.74) is 19.2. The Balaban J connectivity index is 2.01. The van der Waals surface area contributed by atoms with Crippen LogP contribution in [-0.4, -0.2) is 4.98 Å². The highest BCUT2D eigenvalue weighted by molar-refractivity contribution is 5.99. The summed E-state index contributed by atoms with van der Waals surface area (Å²) in [7, 11) is 0. The number of hydrogen-bond acceptors (Lipinski definition) is 1. The predicted molar refractivity (Wildman–Crippen MR) is 311 cm³/mol. The van der Waals surface area contributed by atoms with E-state index in [0.29, 0.717) is 5.92 Å². The number of benzene rings is 2. The Morgan fingerprint density at radius 1 is 0.710 bits per heavy atom. The van der Waals surface area contributed by atoms with Crippen LogP contribution in [0.2, 0.25) is 0 Å². The SMILES string of the molecule is C=C1/C=C(C(C)(C)C)\C=C/Cc2ccc(/C(C)=C/C=C(\CCC)c3ccc(/C(=C/C=C(\C)C(C)(C)C)C(C)CC)c4cc(CCCC)c(CCCC)nc34)cc2C1(CCCCCC)CCCCCC. The van der Waals surface area contributed by atoms with Gasteiger partial charge >= 0.3 is 0 Å². The number of unbranched alkanes of at least 4 members (excludes halogenated alkanes) is 8. The van der Waals surface area contributed by atoms with Crippen molar-refractivity contribution in [3.05, 3.63) is 141 Å². The quantitative estimate of drug-likeness (QED) is 0.0609. The number of hydrogen-bond donors (Lipinski definition) is 0. The molecule has 1 nitrogen and oxygen atoms in total. The molecule has 0 saturated carbocycles. The lowest BCUT2D eigenvalue weighted by Crippen LogP contribution is -2.30. The third-order valence-electron chi connectivity index (χ3n) is 15.7. The lowest BCUT2D eigenvalue weighted by Gasteiger charge is -2.38. The Hall–Kier alpha value is -3.97. The lowest BCUT2D eigenvalue weighted by molar-refractivity contribution is 0.390. The van der Waals surface area contributed by atoms with Gasteiger partial charge in [-0.15, -0.1) is 0 Å². The number of fused-ring (bicyclic) bond motifs is 2. The van der Waals surface area contributed by atoms with E-state index in [1.54, 1.807) is 0 Å². The largest absolute Gasteiger partial charge is 0.252 e. The summed E-state index contributed by atoms with van der Waals surface area (Å²) in [6, 6.07) is 14.9. The molecule has 1 aromatic heterocycles. The van der Waals surface area contributed by atoms with Crippen molar-refractivity contribution in [2.75, 3.05) is 0 Å². The van der Waals surface area contributed by atoms with Crippen molar-refractivity contribution in [1.29, 1.82) is 0 Å². The normalized spacial score (nSPS) is 17.0. The highest BCUT2D eigenvalue weighted by Crippen LogP contribution is 2.47. The average Bonchev–Trinajstić information content (AvgIpc) is 3.37. The average molecular weight is 933 g/mol. The molecule has 0 saturated heterocycles. The molecule has 1 aliphatic carbocycles. The van der Waals surface area contributed by atoms with Crippen LogP contribution in [0.5, 0.6) is 0 Å². The van der Waals surface area contributed by atoms with Crippen LogP contribution in [0.25, 0.3) is 27.6 Å². The fourth-order valence-electron chi connectivity index (χ4n) is 10.3. The molecule has 4 rings (SSSR count). The minimum absolute atomic E-state index is 0.0458. The van der Waals surface area contributed by atoms with Crippen LogP contribution in [-0.2, 0) is 24.7 Å². The standard InChI is InChI=1S/C68H101N/c1-17-23-27-29-45-68(46-30-28-24-18-2)53(10)47-58(67(14,15)16)35-31-34-55-40-41-56(49-63(55)68)51(8)37-39-54(32-21-5)60-43-44-61(59(50(7)22-6)42-38-52(9)66(11,12)13)62-48-57(33-25-19-3)64(36-26-20-4)69-65(60)62/h31,35,37-44,47-50H,10,17-30,32-34,36,45-46H2,1-9,11-16H3/b35-31-,51-37+,52-38+,54-39+,58-47+,59-42+. The molecule has 0 fully saturated rings. The Morgan fingerprint density at radius 3 is 1.94 bits per heavy atom. The van der Waals surface area contributed by atoms with Crippen LogP contribution in [0.3, 0.4) is 0 Å². The van der Waals surface area contributed by atoms with E-state index in [4.69, 9.17) is 11.6 Å². The number of pyridine rings is 1. The van der Waals surface area contributed by atoms with Crippen molar-refractivity contribution >= 4 is 27.6 Å². The lowest BCUT2D eigenvalue weighted by atomic mass is 9.65. The Morgan fingerprint density at radius 2 is 1.35 bits per heavy atom.